The normalized spacial score (nSPS) is 12.8. The molecule has 1 N–H and O–H groups in total. The van der Waals surface area contributed by atoms with Crippen molar-refractivity contribution in [1.82, 2.24) is 9.78 Å². The van der Waals surface area contributed by atoms with Crippen molar-refractivity contribution < 1.29 is 9.90 Å². The predicted octanol–water partition coefficient (Wildman–Crippen LogP) is 4.01. The van der Waals surface area contributed by atoms with Crippen LogP contribution in [0, 0.1) is 13.8 Å². The lowest BCUT2D eigenvalue weighted by Gasteiger charge is -2.15. The number of carboxylic acid groups (broad SMARTS) is 1. The zero-order chi connectivity index (χ0) is 16.1. The van der Waals surface area contributed by atoms with Gasteiger partial charge in [-0.25, -0.2) is 9.48 Å². The molecule has 0 atom stereocenters. The second-order valence-electron chi connectivity index (χ2n) is 5.88. The van der Waals surface area contributed by atoms with Gasteiger partial charge in [-0.3, -0.25) is 0 Å². The summed E-state index contributed by atoms with van der Waals surface area (Å²) in [5, 5.41) is 14.0. The minimum atomic E-state index is -0.852. The largest absolute Gasteiger partial charge is 0.477 e. The number of aromatic carboxylic acids is 1. The van der Waals surface area contributed by atoms with E-state index < -0.39 is 5.97 Å². The molecule has 0 unspecified atom stereocenters. The Morgan fingerprint density at radius 1 is 1.26 bits per heavy atom. The molecule has 2 aromatic heterocycles. The zero-order valence-corrected chi connectivity index (χ0v) is 13.8. The van der Waals surface area contributed by atoms with E-state index in [1.54, 1.807) is 0 Å². The molecule has 1 aromatic carbocycles. The van der Waals surface area contributed by atoms with Gasteiger partial charge < -0.3 is 5.11 Å². The van der Waals surface area contributed by atoms with Crippen LogP contribution in [-0.4, -0.2) is 20.9 Å². The van der Waals surface area contributed by atoms with E-state index in [1.807, 2.05) is 29.8 Å². The molecule has 0 fully saturated rings. The molecule has 23 heavy (non-hydrogen) atoms. The predicted molar refractivity (Wildman–Crippen MR) is 90.7 cm³/mol. The van der Waals surface area contributed by atoms with E-state index in [4.69, 9.17) is 5.10 Å². The van der Waals surface area contributed by atoms with Gasteiger partial charge in [0.25, 0.3) is 0 Å². The topological polar surface area (TPSA) is 55.1 Å². The van der Waals surface area contributed by atoms with Crippen molar-refractivity contribution in [2.24, 2.45) is 0 Å². The number of aryl methyl sites for hydroxylation is 3. The van der Waals surface area contributed by atoms with Crippen molar-refractivity contribution in [3.8, 4) is 16.1 Å². The highest BCUT2D eigenvalue weighted by Gasteiger charge is 2.27. The second-order valence-corrected chi connectivity index (χ2v) is 6.93. The molecule has 0 radical (unpaired) electrons. The number of benzene rings is 1. The van der Waals surface area contributed by atoms with Gasteiger partial charge in [-0.15, -0.1) is 11.3 Å². The van der Waals surface area contributed by atoms with E-state index in [9.17, 15) is 9.90 Å². The average Bonchev–Trinajstić information content (AvgIpc) is 3.09. The third-order valence-electron chi connectivity index (χ3n) is 4.38. The first-order valence-corrected chi connectivity index (χ1v) is 8.39. The van der Waals surface area contributed by atoms with Crippen LogP contribution in [0.3, 0.4) is 0 Å². The van der Waals surface area contributed by atoms with Crippen LogP contribution in [-0.2, 0) is 12.8 Å². The van der Waals surface area contributed by atoms with Crippen LogP contribution in [0.25, 0.3) is 16.1 Å². The van der Waals surface area contributed by atoms with E-state index in [1.165, 1.54) is 22.6 Å². The highest BCUT2D eigenvalue weighted by molar-refractivity contribution is 7.17. The smallest absolute Gasteiger partial charge is 0.345 e. The van der Waals surface area contributed by atoms with Gasteiger partial charge in [0.2, 0.25) is 0 Å². The standard InChI is InChI=1S/C18H16N2O2S/c1-10-5-3-4-6-13(10)20-14-8-7-12-9-15(18(21)22)23-17(12)16(14)11(2)19-20/h3-6,9H,7-8H2,1-2H3,(H,21,22). The van der Waals surface area contributed by atoms with Crippen LogP contribution in [0.4, 0.5) is 0 Å². The van der Waals surface area contributed by atoms with Crippen molar-refractivity contribution in [3.63, 3.8) is 0 Å². The summed E-state index contributed by atoms with van der Waals surface area (Å²) in [5.74, 6) is -0.852. The summed E-state index contributed by atoms with van der Waals surface area (Å²) in [5.41, 5.74) is 6.67. The number of carboxylic acids is 1. The molecule has 4 rings (SSSR count). The second kappa shape index (κ2) is 5.06. The Balaban J connectivity index is 1.93. The fourth-order valence-electron chi connectivity index (χ4n) is 3.29. The van der Waals surface area contributed by atoms with Gasteiger partial charge in [-0.1, -0.05) is 18.2 Å². The molecule has 1 aliphatic rings. The van der Waals surface area contributed by atoms with Crippen LogP contribution in [0.15, 0.2) is 30.3 Å². The van der Waals surface area contributed by atoms with Gasteiger partial charge in [-0.2, -0.15) is 5.10 Å². The maximum atomic E-state index is 11.3. The fraction of sp³-hybridized carbons (Fsp3) is 0.222. The number of hydrogen-bond donors (Lipinski definition) is 1. The first-order valence-electron chi connectivity index (χ1n) is 7.57. The first-order chi connectivity index (χ1) is 11.1. The van der Waals surface area contributed by atoms with Crippen LogP contribution in [0.1, 0.15) is 32.2 Å². The Labute approximate surface area is 138 Å². The fourth-order valence-corrected chi connectivity index (χ4v) is 4.45. The number of aromatic nitrogens is 2. The molecule has 0 aliphatic heterocycles. The molecule has 3 aromatic rings. The molecule has 0 saturated carbocycles. The Morgan fingerprint density at radius 3 is 2.78 bits per heavy atom. The van der Waals surface area contributed by atoms with Gasteiger partial charge in [0.15, 0.2) is 0 Å². The molecular formula is C18H16N2O2S. The molecule has 0 bridgehead atoms. The molecule has 116 valence electrons. The molecule has 1 aliphatic carbocycles. The molecule has 4 nitrogen and oxygen atoms in total. The van der Waals surface area contributed by atoms with Crippen molar-refractivity contribution in [2.45, 2.75) is 26.7 Å². The summed E-state index contributed by atoms with van der Waals surface area (Å²) in [4.78, 5) is 12.8. The minimum absolute atomic E-state index is 0.408. The van der Waals surface area contributed by atoms with Crippen molar-refractivity contribution >= 4 is 17.3 Å². The SMILES string of the molecule is Cc1ccccc1-n1nc(C)c2c1CCc1cc(C(=O)O)sc1-2. The lowest BCUT2D eigenvalue weighted by Crippen LogP contribution is -2.08. The van der Waals surface area contributed by atoms with Gasteiger partial charge in [0.1, 0.15) is 4.88 Å². The Kier molecular flexibility index (Phi) is 3.13. The summed E-state index contributed by atoms with van der Waals surface area (Å²) in [6.45, 7) is 4.09. The molecule has 0 amide bonds. The monoisotopic (exact) mass is 324 g/mol. The Hall–Kier alpha value is -2.40. The number of para-hydroxylation sites is 1. The number of fused-ring (bicyclic) bond motifs is 3. The van der Waals surface area contributed by atoms with E-state index >= 15 is 0 Å². The van der Waals surface area contributed by atoms with E-state index in [2.05, 4.69) is 19.1 Å². The number of nitrogens with zero attached hydrogens (tertiary/aromatic N) is 2. The highest BCUT2D eigenvalue weighted by Crippen LogP contribution is 2.42. The molecule has 0 spiro atoms. The van der Waals surface area contributed by atoms with Gasteiger partial charge in [0, 0.05) is 10.4 Å². The number of carbonyl (C=O) groups is 1. The maximum Gasteiger partial charge on any atom is 0.345 e. The third-order valence-corrected chi connectivity index (χ3v) is 5.56. The summed E-state index contributed by atoms with van der Waals surface area (Å²) >= 11 is 1.36. The molecule has 2 heterocycles. The summed E-state index contributed by atoms with van der Waals surface area (Å²) in [7, 11) is 0. The summed E-state index contributed by atoms with van der Waals surface area (Å²) < 4.78 is 2.03. The summed E-state index contributed by atoms with van der Waals surface area (Å²) in [6, 6.07) is 10.0. The maximum absolute atomic E-state index is 11.3. The number of thiophene rings is 1. The highest BCUT2D eigenvalue weighted by atomic mass is 32.1. The van der Waals surface area contributed by atoms with Crippen molar-refractivity contribution in [2.75, 3.05) is 0 Å². The third kappa shape index (κ3) is 2.11. The Morgan fingerprint density at radius 2 is 2.04 bits per heavy atom. The quantitative estimate of drug-likeness (QED) is 0.775. The number of hydrogen-bond acceptors (Lipinski definition) is 3. The lowest BCUT2D eigenvalue weighted by molar-refractivity contribution is 0.0702. The first kappa shape index (κ1) is 14.2. The molecular weight excluding hydrogens is 308 g/mol. The Bertz CT molecular complexity index is 937. The van der Waals surface area contributed by atoms with Crippen molar-refractivity contribution in [3.05, 3.63) is 57.7 Å². The summed E-state index contributed by atoms with van der Waals surface area (Å²) in [6.07, 6.45) is 1.75. The van der Waals surface area contributed by atoms with Crippen LogP contribution in [0.2, 0.25) is 0 Å². The molecule has 5 heteroatoms. The number of rotatable bonds is 2. The minimum Gasteiger partial charge on any atom is -0.477 e. The van der Waals surface area contributed by atoms with E-state index in [0.717, 1.165) is 40.2 Å². The van der Waals surface area contributed by atoms with Crippen molar-refractivity contribution in [1.29, 1.82) is 0 Å². The average molecular weight is 324 g/mol. The van der Waals surface area contributed by atoms with Crippen LogP contribution < -0.4 is 0 Å². The van der Waals surface area contributed by atoms with Gasteiger partial charge in [-0.05, 0) is 49.9 Å². The van der Waals surface area contributed by atoms with E-state index in [-0.39, 0.29) is 0 Å². The zero-order valence-electron chi connectivity index (χ0n) is 13.0. The van der Waals surface area contributed by atoms with E-state index in [0.29, 0.717) is 4.88 Å². The lowest BCUT2D eigenvalue weighted by atomic mass is 9.95. The van der Waals surface area contributed by atoms with Crippen LogP contribution in [0.5, 0.6) is 0 Å². The molecule has 0 saturated heterocycles. The van der Waals surface area contributed by atoms with Crippen LogP contribution >= 0.6 is 11.3 Å². The van der Waals surface area contributed by atoms with Gasteiger partial charge in [0.05, 0.1) is 17.1 Å². The van der Waals surface area contributed by atoms with Gasteiger partial charge >= 0.3 is 5.97 Å².